The van der Waals surface area contributed by atoms with Gasteiger partial charge in [-0.2, -0.15) is 0 Å². The van der Waals surface area contributed by atoms with Gasteiger partial charge in [-0.3, -0.25) is 9.59 Å². The zero-order valence-corrected chi connectivity index (χ0v) is 12.9. The van der Waals surface area contributed by atoms with E-state index in [-0.39, 0.29) is 5.91 Å². The summed E-state index contributed by atoms with van der Waals surface area (Å²) in [7, 11) is 1.48. The molecule has 0 aliphatic carbocycles. The zero-order chi connectivity index (χ0) is 16.7. The first-order valence-corrected chi connectivity index (χ1v) is 6.99. The van der Waals surface area contributed by atoms with Crippen molar-refractivity contribution in [3.05, 3.63) is 60.2 Å². The van der Waals surface area contributed by atoms with Crippen LogP contribution in [-0.4, -0.2) is 19.0 Å². The second-order valence-electron chi connectivity index (χ2n) is 4.69. The molecule has 0 saturated carbocycles. The SMILES string of the molecule is COc1cc(/C=C/C(=O)Nc2ccccc2)ccc1OC(C)=O. The number of anilines is 1. The summed E-state index contributed by atoms with van der Waals surface area (Å²) < 4.78 is 10.2. The van der Waals surface area contributed by atoms with Gasteiger partial charge in [0, 0.05) is 18.7 Å². The lowest BCUT2D eigenvalue weighted by Gasteiger charge is -2.08. The lowest BCUT2D eigenvalue weighted by Crippen LogP contribution is -2.07. The number of nitrogens with one attached hydrogen (secondary N) is 1. The fourth-order valence-corrected chi connectivity index (χ4v) is 1.90. The molecule has 0 atom stereocenters. The van der Waals surface area contributed by atoms with Crippen LogP contribution < -0.4 is 14.8 Å². The van der Waals surface area contributed by atoms with Crippen molar-refractivity contribution >= 4 is 23.6 Å². The number of carbonyl (C=O) groups is 2. The van der Waals surface area contributed by atoms with Crippen molar-refractivity contribution in [3.63, 3.8) is 0 Å². The molecule has 0 bridgehead atoms. The standard InChI is InChI=1S/C18H17NO4/c1-13(20)23-16-10-8-14(12-17(16)22-2)9-11-18(21)19-15-6-4-3-5-7-15/h3-12H,1-2H3,(H,19,21)/b11-9+. The molecular formula is C18H17NO4. The van der Waals surface area contributed by atoms with Gasteiger partial charge < -0.3 is 14.8 Å². The minimum atomic E-state index is -0.422. The Bertz CT molecular complexity index is 723. The van der Waals surface area contributed by atoms with Crippen molar-refractivity contribution in [3.8, 4) is 11.5 Å². The maximum absolute atomic E-state index is 11.9. The van der Waals surface area contributed by atoms with Crippen LogP contribution in [0.4, 0.5) is 5.69 Å². The van der Waals surface area contributed by atoms with Crippen LogP contribution in [0.5, 0.6) is 11.5 Å². The number of benzene rings is 2. The minimum Gasteiger partial charge on any atom is -0.493 e. The van der Waals surface area contributed by atoms with Crippen molar-refractivity contribution in [2.45, 2.75) is 6.92 Å². The van der Waals surface area contributed by atoms with Crippen molar-refractivity contribution in [2.24, 2.45) is 0 Å². The third-order valence-electron chi connectivity index (χ3n) is 2.91. The molecule has 2 aromatic rings. The highest BCUT2D eigenvalue weighted by Gasteiger charge is 2.07. The Morgan fingerprint density at radius 3 is 2.43 bits per heavy atom. The van der Waals surface area contributed by atoms with Gasteiger partial charge in [-0.05, 0) is 35.9 Å². The van der Waals surface area contributed by atoms with E-state index in [4.69, 9.17) is 9.47 Å². The number of para-hydroxylation sites is 1. The van der Waals surface area contributed by atoms with Gasteiger partial charge in [0.25, 0.3) is 0 Å². The van der Waals surface area contributed by atoms with Gasteiger partial charge in [-0.15, -0.1) is 0 Å². The van der Waals surface area contributed by atoms with Crippen LogP contribution in [0.25, 0.3) is 6.08 Å². The number of hydrogen-bond acceptors (Lipinski definition) is 4. The predicted octanol–water partition coefficient (Wildman–Crippen LogP) is 3.27. The number of methoxy groups -OCH3 is 1. The molecule has 5 nitrogen and oxygen atoms in total. The molecule has 0 saturated heterocycles. The molecule has 118 valence electrons. The molecule has 0 aromatic heterocycles. The third kappa shape index (κ3) is 5.00. The van der Waals surface area contributed by atoms with E-state index in [0.717, 1.165) is 11.3 Å². The van der Waals surface area contributed by atoms with E-state index in [1.54, 1.807) is 24.3 Å². The molecule has 0 unspecified atom stereocenters. The number of amides is 1. The highest BCUT2D eigenvalue weighted by molar-refractivity contribution is 6.01. The van der Waals surface area contributed by atoms with Crippen LogP contribution in [0.2, 0.25) is 0 Å². The number of rotatable bonds is 5. The van der Waals surface area contributed by atoms with Gasteiger partial charge in [0.2, 0.25) is 5.91 Å². The van der Waals surface area contributed by atoms with E-state index in [0.29, 0.717) is 11.5 Å². The maximum Gasteiger partial charge on any atom is 0.308 e. The average molecular weight is 311 g/mol. The molecule has 0 aliphatic rings. The number of carbonyl (C=O) groups excluding carboxylic acids is 2. The Balaban J connectivity index is 2.07. The van der Waals surface area contributed by atoms with Crippen LogP contribution in [0, 0.1) is 0 Å². The Kier molecular flexibility index (Phi) is 5.52. The van der Waals surface area contributed by atoms with Crippen molar-refractivity contribution in [1.29, 1.82) is 0 Å². The highest BCUT2D eigenvalue weighted by atomic mass is 16.6. The highest BCUT2D eigenvalue weighted by Crippen LogP contribution is 2.28. The maximum atomic E-state index is 11.9. The van der Waals surface area contributed by atoms with Gasteiger partial charge in [-0.1, -0.05) is 24.3 Å². The van der Waals surface area contributed by atoms with E-state index >= 15 is 0 Å². The van der Waals surface area contributed by atoms with E-state index < -0.39 is 5.97 Å². The molecule has 1 amide bonds. The first kappa shape index (κ1) is 16.3. The molecule has 23 heavy (non-hydrogen) atoms. The van der Waals surface area contributed by atoms with Crippen LogP contribution >= 0.6 is 0 Å². The smallest absolute Gasteiger partial charge is 0.308 e. The van der Waals surface area contributed by atoms with E-state index in [9.17, 15) is 9.59 Å². The summed E-state index contributed by atoms with van der Waals surface area (Å²) in [6, 6.07) is 14.2. The summed E-state index contributed by atoms with van der Waals surface area (Å²) in [5.74, 6) is 0.102. The summed E-state index contributed by atoms with van der Waals surface area (Å²) in [5.41, 5.74) is 1.48. The van der Waals surface area contributed by atoms with Gasteiger partial charge in [-0.25, -0.2) is 0 Å². The first-order chi connectivity index (χ1) is 11.1. The monoisotopic (exact) mass is 311 g/mol. The molecule has 0 radical (unpaired) electrons. The quantitative estimate of drug-likeness (QED) is 0.523. The fourth-order valence-electron chi connectivity index (χ4n) is 1.90. The van der Waals surface area contributed by atoms with Gasteiger partial charge in [0.1, 0.15) is 0 Å². The molecule has 0 fully saturated rings. The number of hydrogen-bond donors (Lipinski definition) is 1. The Labute approximate surface area is 134 Å². The lowest BCUT2D eigenvalue weighted by molar-refractivity contribution is -0.132. The summed E-state index contributed by atoms with van der Waals surface area (Å²) in [4.78, 5) is 22.9. The topological polar surface area (TPSA) is 64.6 Å². The Morgan fingerprint density at radius 1 is 1.04 bits per heavy atom. The van der Waals surface area contributed by atoms with E-state index in [2.05, 4.69) is 5.32 Å². The molecule has 2 aromatic carbocycles. The van der Waals surface area contributed by atoms with Gasteiger partial charge >= 0.3 is 5.97 Å². The summed E-state index contributed by atoms with van der Waals surface area (Å²) in [6.45, 7) is 1.32. The largest absolute Gasteiger partial charge is 0.493 e. The van der Waals surface area contributed by atoms with Crippen LogP contribution in [0.3, 0.4) is 0 Å². The molecule has 0 spiro atoms. The number of ether oxygens (including phenoxy) is 2. The van der Waals surface area contributed by atoms with Crippen LogP contribution in [0.15, 0.2) is 54.6 Å². The fraction of sp³-hybridized carbons (Fsp3) is 0.111. The summed E-state index contributed by atoms with van der Waals surface area (Å²) in [5, 5.41) is 2.75. The summed E-state index contributed by atoms with van der Waals surface area (Å²) >= 11 is 0. The first-order valence-electron chi connectivity index (χ1n) is 6.99. The Hall–Kier alpha value is -3.08. The zero-order valence-electron chi connectivity index (χ0n) is 12.9. The van der Waals surface area contributed by atoms with Crippen molar-refractivity contribution < 1.29 is 19.1 Å². The molecule has 0 aliphatic heterocycles. The van der Waals surface area contributed by atoms with E-state index in [1.165, 1.54) is 20.1 Å². The predicted molar refractivity (Wildman–Crippen MR) is 88.4 cm³/mol. The van der Waals surface area contributed by atoms with E-state index in [1.807, 2.05) is 30.3 Å². The molecule has 2 rings (SSSR count). The van der Waals surface area contributed by atoms with Crippen molar-refractivity contribution in [1.82, 2.24) is 0 Å². The Morgan fingerprint density at radius 2 is 1.78 bits per heavy atom. The second kappa shape index (κ2) is 7.79. The minimum absolute atomic E-state index is 0.237. The lowest BCUT2D eigenvalue weighted by atomic mass is 10.2. The second-order valence-corrected chi connectivity index (χ2v) is 4.69. The van der Waals surface area contributed by atoms with Crippen LogP contribution in [-0.2, 0) is 9.59 Å². The average Bonchev–Trinajstić information content (AvgIpc) is 2.54. The molecular weight excluding hydrogens is 294 g/mol. The van der Waals surface area contributed by atoms with Crippen molar-refractivity contribution in [2.75, 3.05) is 12.4 Å². The number of esters is 1. The molecule has 1 N–H and O–H groups in total. The summed E-state index contributed by atoms with van der Waals surface area (Å²) in [6.07, 6.45) is 3.08. The van der Waals surface area contributed by atoms with Gasteiger partial charge in [0.05, 0.1) is 7.11 Å². The molecule has 5 heteroatoms. The molecule has 0 heterocycles. The van der Waals surface area contributed by atoms with Crippen LogP contribution in [0.1, 0.15) is 12.5 Å². The van der Waals surface area contributed by atoms with Gasteiger partial charge in [0.15, 0.2) is 11.5 Å². The third-order valence-corrected chi connectivity index (χ3v) is 2.91. The normalized spacial score (nSPS) is 10.3.